The molecular weight excluding hydrogens is 242 g/mol. The first kappa shape index (κ1) is 18.8. The molecule has 0 saturated heterocycles. The maximum absolute atomic E-state index is 5.96. The highest BCUT2D eigenvalue weighted by Gasteiger charge is 2.21. The molecule has 0 radical (unpaired) electrons. The van der Waals surface area contributed by atoms with Gasteiger partial charge < -0.3 is 14.2 Å². The molecule has 0 saturated carbocycles. The molecule has 1 atom stereocenters. The first-order chi connectivity index (χ1) is 8.76. The molecule has 0 heterocycles. The van der Waals surface area contributed by atoms with Crippen molar-refractivity contribution >= 4 is 0 Å². The lowest BCUT2D eigenvalue weighted by molar-refractivity contribution is -0.0621. The molecule has 0 amide bonds. The summed E-state index contributed by atoms with van der Waals surface area (Å²) in [5.74, 6) is 0. The van der Waals surface area contributed by atoms with Crippen molar-refractivity contribution in [3.63, 3.8) is 0 Å². The average molecular weight is 275 g/mol. The molecule has 0 spiro atoms. The summed E-state index contributed by atoms with van der Waals surface area (Å²) >= 11 is 0. The monoisotopic (exact) mass is 275 g/mol. The largest absolute Gasteiger partial charge is 0.379 e. The lowest BCUT2D eigenvalue weighted by atomic mass is 10.0. The van der Waals surface area contributed by atoms with E-state index in [2.05, 4.69) is 39.9 Å². The number of hydrogen-bond acceptors (Lipinski definition) is 4. The molecule has 0 bridgehead atoms. The highest BCUT2D eigenvalue weighted by Crippen LogP contribution is 2.18. The molecule has 0 aromatic carbocycles. The van der Waals surface area contributed by atoms with E-state index in [0.717, 1.165) is 32.4 Å². The van der Waals surface area contributed by atoms with Crippen LogP contribution in [-0.2, 0) is 14.2 Å². The second kappa shape index (κ2) is 8.90. The predicted molar refractivity (Wildman–Crippen MR) is 79.4 cm³/mol. The first-order valence-electron chi connectivity index (χ1n) is 7.21. The molecule has 0 rings (SSSR count). The Bertz CT molecular complexity index is 225. The Morgan fingerprint density at radius 2 is 1.63 bits per heavy atom. The number of ether oxygens (including phenoxy) is 3. The topological polar surface area (TPSA) is 39.7 Å². The summed E-state index contributed by atoms with van der Waals surface area (Å²) in [6.45, 7) is 12.1. The Morgan fingerprint density at radius 3 is 2.11 bits per heavy atom. The molecule has 0 aliphatic carbocycles. The number of nitrogens with one attached hydrogen (secondary N) is 1. The van der Waals surface area contributed by atoms with E-state index in [4.69, 9.17) is 14.2 Å². The van der Waals surface area contributed by atoms with Crippen molar-refractivity contribution in [1.29, 1.82) is 0 Å². The van der Waals surface area contributed by atoms with E-state index in [9.17, 15) is 0 Å². The molecule has 0 aliphatic heterocycles. The molecule has 0 aliphatic rings. The van der Waals surface area contributed by atoms with Gasteiger partial charge in [-0.3, -0.25) is 5.32 Å². The van der Waals surface area contributed by atoms with Gasteiger partial charge in [0.2, 0.25) is 0 Å². The van der Waals surface area contributed by atoms with Gasteiger partial charge in [-0.2, -0.15) is 0 Å². The van der Waals surface area contributed by atoms with E-state index < -0.39 is 0 Å². The van der Waals surface area contributed by atoms with Crippen LogP contribution in [0.4, 0.5) is 0 Å². The molecular formula is C15H33NO3. The van der Waals surface area contributed by atoms with Gasteiger partial charge in [0.15, 0.2) is 0 Å². The summed E-state index contributed by atoms with van der Waals surface area (Å²) in [5, 5.41) is 3.37. The maximum Gasteiger partial charge on any atom is 0.107 e. The molecule has 1 N–H and O–H groups in total. The van der Waals surface area contributed by atoms with Crippen LogP contribution in [0, 0.1) is 0 Å². The smallest absolute Gasteiger partial charge is 0.107 e. The number of hydrogen-bond donors (Lipinski definition) is 1. The van der Waals surface area contributed by atoms with Crippen LogP contribution in [0.2, 0.25) is 0 Å². The van der Waals surface area contributed by atoms with Crippen molar-refractivity contribution in [2.75, 3.05) is 27.4 Å². The van der Waals surface area contributed by atoms with Crippen LogP contribution >= 0.6 is 0 Å². The lowest BCUT2D eigenvalue weighted by Crippen LogP contribution is -2.36. The summed E-state index contributed by atoms with van der Waals surface area (Å²) in [5.41, 5.74) is -0.236. The van der Waals surface area contributed by atoms with E-state index >= 15 is 0 Å². The van der Waals surface area contributed by atoms with E-state index in [1.54, 1.807) is 14.2 Å². The van der Waals surface area contributed by atoms with Gasteiger partial charge in [0, 0.05) is 20.8 Å². The van der Waals surface area contributed by atoms with Crippen LogP contribution in [0.3, 0.4) is 0 Å². The summed E-state index contributed by atoms with van der Waals surface area (Å²) in [7, 11) is 3.47. The van der Waals surface area contributed by atoms with Gasteiger partial charge in [0.25, 0.3) is 0 Å². The highest BCUT2D eigenvalue weighted by atomic mass is 16.5. The zero-order valence-electron chi connectivity index (χ0n) is 13.8. The summed E-state index contributed by atoms with van der Waals surface area (Å²) < 4.78 is 16.6. The fourth-order valence-corrected chi connectivity index (χ4v) is 1.68. The van der Waals surface area contributed by atoms with Crippen molar-refractivity contribution in [2.24, 2.45) is 0 Å². The quantitative estimate of drug-likeness (QED) is 0.589. The Morgan fingerprint density at radius 1 is 1.00 bits per heavy atom. The van der Waals surface area contributed by atoms with Crippen LogP contribution in [0.25, 0.3) is 0 Å². The molecule has 19 heavy (non-hydrogen) atoms. The minimum atomic E-state index is -0.122. The molecule has 116 valence electrons. The first-order valence-corrected chi connectivity index (χ1v) is 7.21. The van der Waals surface area contributed by atoms with Crippen LogP contribution < -0.4 is 5.32 Å². The fraction of sp³-hybridized carbons (Fsp3) is 1.00. The minimum absolute atomic E-state index is 0.113. The predicted octanol–water partition coefficient (Wildman–Crippen LogP) is 2.96. The fourth-order valence-electron chi connectivity index (χ4n) is 1.68. The minimum Gasteiger partial charge on any atom is -0.379 e. The van der Waals surface area contributed by atoms with Crippen LogP contribution in [0.1, 0.15) is 53.9 Å². The van der Waals surface area contributed by atoms with Crippen molar-refractivity contribution in [1.82, 2.24) is 5.32 Å². The second-order valence-corrected chi connectivity index (χ2v) is 6.16. The molecule has 0 unspecified atom stereocenters. The van der Waals surface area contributed by atoms with E-state index in [0.29, 0.717) is 0 Å². The average Bonchev–Trinajstić information content (AvgIpc) is 2.34. The normalized spacial score (nSPS) is 14.7. The second-order valence-electron chi connectivity index (χ2n) is 6.16. The standard InChI is InChI=1S/C15H33NO3/c1-8-13(17-6)16-11-9-15(4,5)19-12-10-14(2,3)18-7/h13,16H,8-12H2,1-7H3/t13-/m0/s1. The third-order valence-corrected chi connectivity index (χ3v) is 3.50. The SMILES string of the molecule is CC[C@@H](NCCC(C)(C)OCCC(C)(C)OC)OC. The molecule has 0 fully saturated rings. The van der Waals surface area contributed by atoms with Gasteiger partial charge in [-0.15, -0.1) is 0 Å². The van der Waals surface area contributed by atoms with Crippen LogP contribution in [0.5, 0.6) is 0 Å². The maximum atomic E-state index is 5.96. The zero-order chi connectivity index (χ0) is 14.9. The number of methoxy groups -OCH3 is 2. The third-order valence-electron chi connectivity index (χ3n) is 3.50. The van der Waals surface area contributed by atoms with Crippen LogP contribution in [-0.4, -0.2) is 44.8 Å². The highest BCUT2D eigenvalue weighted by molar-refractivity contribution is 4.73. The Balaban J connectivity index is 3.86. The van der Waals surface area contributed by atoms with Gasteiger partial charge in [-0.05, 0) is 47.0 Å². The van der Waals surface area contributed by atoms with Crippen LogP contribution in [0.15, 0.2) is 0 Å². The molecule has 4 nitrogen and oxygen atoms in total. The Kier molecular flexibility index (Phi) is 8.83. The summed E-state index contributed by atoms with van der Waals surface area (Å²) in [6, 6.07) is 0. The van der Waals surface area contributed by atoms with E-state index in [1.165, 1.54) is 0 Å². The van der Waals surface area contributed by atoms with Crippen molar-refractivity contribution in [3.05, 3.63) is 0 Å². The van der Waals surface area contributed by atoms with Gasteiger partial charge in [-0.25, -0.2) is 0 Å². The summed E-state index contributed by atoms with van der Waals surface area (Å²) in [4.78, 5) is 0. The van der Waals surface area contributed by atoms with Crippen molar-refractivity contribution in [2.45, 2.75) is 71.3 Å². The number of rotatable bonds is 11. The molecule has 4 heteroatoms. The zero-order valence-corrected chi connectivity index (χ0v) is 13.8. The van der Waals surface area contributed by atoms with E-state index in [1.807, 2.05) is 0 Å². The third kappa shape index (κ3) is 9.38. The summed E-state index contributed by atoms with van der Waals surface area (Å²) in [6.07, 6.45) is 2.97. The molecule has 0 aromatic heterocycles. The van der Waals surface area contributed by atoms with Gasteiger partial charge >= 0.3 is 0 Å². The van der Waals surface area contributed by atoms with E-state index in [-0.39, 0.29) is 17.4 Å². The van der Waals surface area contributed by atoms with Gasteiger partial charge in [0.1, 0.15) is 6.23 Å². The molecule has 0 aromatic rings. The van der Waals surface area contributed by atoms with Crippen molar-refractivity contribution in [3.8, 4) is 0 Å². The lowest BCUT2D eigenvalue weighted by Gasteiger charge is -2.29. The Hall–Kier alpha value is -0.160. The van der Waals surface area contributed by atoms with Gasteiger partial charge in [-0.1, -0.05) is 6.92 Å². The Labute approximate surface area is 119 Å². The van der Waals surface area contributed by atoms with Gasteiger partial charge in [0.05, 0.1) is 17.8 Å². The van der Waals surface area contributed by atoms with Crippen molar-refractivity contribution < 1.29 is 14.2 Å².